The minimum absolute atomic E-state index is 0.185. The van der Waals surface area contributed by atoms with E-state index in [1.165, 1.54) is 32.8 Å². The summed E-state index contributed by atoms with van der Waals surface area (Å²) in [6.07, 6.45) is 8.56. The van der Waals surface area contributed by atoms with E-state index in [0.717, 1.165) is 12.8 Å². The van der Waals surface area contributed by atoms with Gasteiger partial charge in [0.25, 0.3) is 0 Å². The van der Waals surface area contributed by atoms with Crippen LogP contribution in [0.15, 0.2) is 12.7 Å². The van der Waals surface area contributed by atoms with E-state index in [2.05, 4.69) is 18.8 Å². The molecule has 0 aromatic rings. The van der Waals surface area contributed by atoms with Crippen LogP contribution < -0.4 is 5.32 Å². The fourth-order valence-corrected chi connectivity index (χ4v) is 1.87. The molecule has 0 rings (SSSR count). The second-order valence-corrected chi connectivity index (χ2v) is 4.66. The number of carbonyl (C=O) groups excluding carboxylic acids is 1. The molecule has 3 heteroatoms. The number of carbonyl (C=O) groups is 1. The maximum Gasteiger partial charge on any atom is 0.325 e. The summed E-state index contributed by atoms with van der Waals surface area (Å²) >= 11 is 0. The van der Waals surface area contributed by atoms with Crippen molar-refractivity contribution in [2.45, 2.75) is 57.9 Å². The van der Waals surface area contributed by atoms with Gasteiger partial charge in [0.1, 0.15) is 5.54 Å². The number of methoxy groups -OCH3 is 1. The Bertz CT molecular complexity index is 228. The van der Waals surface area contributed by atoms with E-state index in [1.54, 1.807) is 6.08 Å². The van der Waals surface area contributed by atoms with E-state index in [4.69, 9.17) is 4.74 Å². The Morgan fingerprint density at radius 1 is 1.35 bits per heavy atom. The largest absolute Gasteiger partial charge is 0.468 e. The van der Waals surface area contributed by atoms with Gasteiger partial charge in [-0.2, -0.15) is 0 Å². The molecule has 0 radical (unpaired) electrons. The van der Waals surface area contributed by atoms with E-state index in [1.807, 2.05) is 6.92 Å². The fraction of sp³-hybridized carbons (Fsp3) is 0.786. The molecule has 0 saturated heterocycles. The van der Waals surface area contributed by atoms with Gasteiger partial charge < -0.3 is 4.74 Å². The van der Waals surface area contributed by atoms with Crippen molar-refractivity contribution < 1.29 is 9.53 Å². The lowest BCUT2D eigenvalue weighted by atomic mass is 9.94. The highest BCUT2D eigenvalue weighted by Gasteiger charge is 2.32. The fourth-order valence-electron chi connectivity index (χ4n) is 1.87. The summed E-state index contributed by atoms with van der Waals surface area (Å²) in [7, 11) is 1.44. The van der Waals surface area contributed by atoms with Crippen LogP contribution in [0.25, 0.3) is 0 Å². The zero-order valence-electron chi connectivity index (χ0n) is 11.6. The van der Waals surface area contributed by atoms with Crippen LogP contribution in [0.4, 0.5) is 0 Å². The molecule has 0 fully saturated rings. The van der Waals surface area contributed by atoms with Crippen LogP contribution in [0.1, 0.15) is 52.4 Å². The second kappa shape index (κ2) is 9.23. The number of ether oxygens (including phenoxy) is 1. The highest BCUT2D eigenvalue weighted by atomic mass is 16.5. The number of hydrogen-bond donors (Lipinski definition) is 1. The van der Waals surface area contributed by atoms with Gasteiger partial charge >= 0.3 is 5.97 Å². The average molecular weight is 241 g/mol. The lowest BCUT2D eigenvalue weighted by molar-refractivity contribution is -0.148. The van der Waals surface area contributed by atoms with Gasteiger partial charge in [-0.3, -0.25) is 10.1 Å². The van der Waals surface area contributed by atoms with Crippen LogP contribution in [0, 0.1) is 0 Å². The second-order valence-electron chi connectivity index (χ2n) is 4.66. The molecule has 0 aliphatic rings. The first-order valence-corrected chi connectivity index (χ1v) is 6.55. The third-order valence-corrected chi connectivity index (χ3v) is 3.05. The Hall–Kier alpha value is -0.830. The predicted octanol–water partition coefficient (Wildman–Crippen LogP) is 3.05. The number of unbranched alkanes of at least 4 members (excludes halogenated alkanes) is 4. The van der Waals surface area contributed by atoms with Crippen LogP contribution in [0.2, 0.25) is 0 Å². The predicted molar refractivity (Wildman–Crippen MR) is 72.0 cm³/mol. The van der Waals surface area contributed by atoms with E-state index < -0.39 is 5.54 Å². The van der Waals surface area contributed by atoms with Crippen LogP contribution in [0.3, 0.4) is 0 Å². The summed E-state index contributed by atoms with van der Waals surface area (Å²) in [6.45, 7) is 8.38. The average Bonchev–Trinajstić information content (AvgIpc) is 2.35. The van der Waals surface area contributed by atoms with E-state index in [-0.39, 0.29) is 5.97 Å². The number of hydrogen-bond acceptors (Lipinski definition) is 3. The van der Waals surface area contributed by atoms with Gasteiger partial charge in [0.2, 0.25) is 0 Å². The summed E-state index contributed by atoms with van der Waals surface area (Å²) in [5, 5.41) is 3.19. The molecule has 0 aromatic heterocycles. The van der Waals surface area contributed by atoms with E-state index in [0.29, 0.717) is 6.54 Å². The molecule has 0 amide bonds. The van der Waals surface area contributed by atoms with Crippen molar-refractivity contribution in [2.75, 3.05) is 13.7 Å². The molecule has 100 valence electrons. The highest BCUT2D eigenvalue weighted by molar-refractivity contribution is 5.80. The maximum absolute atomic E-state index is 11.7. The third-order valence-electron chi connectivity index (χ3n) is 3.05. The van der Waals surface area contributed by atoms with Crippen molar-refractivity contribution in [2.24, 2.45) is 0 Å². The minimum Gasteiger partial charge on any atom is -0.468 e. The number of rotatable bonds is 10. The Morgan fingerprint density at radius 2 is 2.00 bits per heavy atom. The zero-order valence-corrected chi connectivity index (χ0v) is 11.6. The first-order valence-electron chi connectivity index (χ1n) is 6.55. The van der Waals surface area contributed by atoms with Gasteiger partial charge in [0.05, 0.1) is 7.11 Å². The smallest absolute Gasteiger partial charge is 0.325 e. The summed E-state index contributed by atoms with van der Waals surface area (Å²) in [5.74, 6) is -0.185. The third kappa shape index (κ3) is 6.47. The summed E-state index contributed by atoms with van der Waals surface area (Å²) < 4.78 is 4.85. The van der Waals surface area contributed by atoms with Gasteiger partial charge in [-0.1, -0.05) is 45.1 Å². The first kappa shape index (κ1) is 16.2. The molecular formula is C14H27NO2. The van der Waals surface area contributed by atoms with Gasteiger partial charge in [-0.05, 0) is 13.3 Å². The molecule has 1 atom stereocenters. The zero-order chi connectivity index (χ0) is 13.1. The Kier molecular flexibility index (Phi) is 8.78. The normalized spacial score (nSPS) is 14.1. The van der Waals surface area contributed by atoms with Gasteiger partial charge in [0.15, 0.2) is 0 Å². The molecular weight excluding hydrogens is 214 g/mol. The number of nitrogens with one attached hydrogen (secondary N) is 1. The van der Waals surface area contributed by atoms with Crippen molar-refractivity contribution in [1.29, 1.82) is 0 Å². The molecule has 1 unspecified atom stereocenters. The molecule has 0 aliphatic heterocycles. The Balaban J connectivity index is 4.09. The standard InChI is InChI=1S/C14H27NO2/c1-5-7-8-9-10-11-14(3,13(16)17-4)15-12-6-2/h6,15H,2,5,7-12H2,1,3-4H3. The minimum atomic E-state index is -0.574. The summed E-state index contributed by atoms with van der Waals surface area (Å²) in [4.78, 5) is 11.7. The van der Waals surface area contributed by atoms with Crippen molar-refractivity contribution in [3.8, 4) is 0 Å². The van der Waals surface area contributed by atoms with Gasteiger partial charge in [0, 0.05) is 6.54 Å². The summed E-state index contributed by atoms with van der Waals surface area (Å²) in [5.41, 5.74) is -0.574. The summed E-state index contributed by atoms with van der Waals surface area (Å²) in [6, 6.07) is 0. The Morgan fingerprint density at radius 3 is 2.53 bits per heavy atom. The maximum atomic E-state index is 11.7. The quantitative estimate of drug-likeness (QED) is 0.363. The highest BCUT2D eigenvalue weighted by Crippen LogP contribution is 2.17. The van der Waals surface area contributed by atoms with Crippen LogP contribution >= 0.6 is 0 Å². The van der Waals surface area contributed by atoms with Crippen LogP contribution in [-0.4, -0.2) is 25.2 Å². The van der Waals surface area contributed by atoms with Crippen molar-refractivity contribution in [1.82, 2.24) is 5.32 Å². The van der Waals surface area contributed by atoms with Crippen molar-refractivity contribution in [3.63, 3.8) is 0 Å². The first-order chi connectivity index (χ1) is 8.10. The van der Waals surface area contributed by atoms with Gasteiger partial charge in [-0.25, -0.2) is 0 Å². The van der Waals surface area contributed by atoms with Crippen molar-refractivity contribution in [3.05, 3.63) is 12.7 Å². The van der Waals surface area contributed by atoms with E-state index in [9.17, 15) is 4.79 Å². The molecule has 17 heavy (non-hydrogen) atoms. The van der Waals surface area contributed by atoms with Gasteiger partial charge in [-0.15, -0.1) is 6.58 Å². The molecule has 0 aromatic carbocycles. The SMILES string of the molecule is C=CCNC(C)(CCCCCCC)C(=O)OC. The molecule has 0 saturated carbocycles. The molecule has 0 aliphatic carbocycles. The van der Waals surface area contributed by atoms with Crippen LogP contribution in [-0.2, 0) is 9.53 Å². The monoisotopic (exact) mass is 241 g/mol. The Labute approximate surface area is 106 Å². The molecule has 0 heterocycles. The molecule has 0 spiro atoms. The molecule has 1 N–H and O–H groups in total. The molecule has 0 bridgehead atoms. The van der Waals surface area contributed by atoms with Crippen molar-refractivity contribution >= 4 is 5.97 Å². The van der Waals surface area contributed by atoms with E-state index >= 15 is 0 Å². The molecule has 3 nitrogen and oxygen atoms in total. The lowest BCUT2D eigenvalue weighted by Gasteiger charge is -2.27. The topological polar surface area (TPSA) is 38.3 Å². The lowest BCUT2D eigenvalue weighted by Crippen LogP contribution is -2.50. The van der Waals surface area contributed by atoms with Crippen LogP contribution in [0.5, 0.6) is 0 Å². The number of esters is 1.